The summed E-state index contributed by atoms with van der Waals surface area (Å²) in [4.78, 5) is 16.3. The second kappa shape index (κ2) is 8.04. The van der Waals surface area contributed by atoms with Gasteiger partial charge in [-0.1, -0.05) is 23.7 Å². The number of likely N-dealkylation sites (N-methyl/N-ethyl adjacent to an activating group) is 1. The van der Waals surface area contributed by atoms with E-state index in [9.17, 15) is 13.6 Å². The van der Waals surface area contributed by atoms with Crippen molar-refractivity contribution < 1.29 is 13.6 Å². The Bertz CT molecular complexity index is 534. The van der Waals surface area contributed by atoms with Crippen LogP contribution in [0.2, 0.25) is 5.02 Å². The van der Waals surface area contributed by atoms with Crippen LogP contribution in [0.15, 0.2) is 24.3 Å². The zero-order valence-corrected chi connectivity index (χ0v) is 14.0. The van der Waals surface area contributed by atoms with Gasteiger partial charge in [-0.15, -0.1) is 0 Å². The number of halogens is 3. The highest BCUT2D eigenvalue weighted by Crippen LogP contribution is 2.29. The van der Waals surface area contributed by atoms with E-state index < -0.39 is 11.8 Å². The van der Waals surface area contributed by atoms with Crippen LogP contribution in [0.25, 0.3) is 0 Å². The summed E-state index contributed by atoms with van der Waals surface area (Å²) in [6, 6.07) is 5.22. The van der Waals surface area contributed by atoms with Gasteiger partial charge in [0.25, 0.3) is 5.91 Å². The lowest BCUT2D eigenvalue weighted by Gasteiger charge is -2.32. The summed E-state index contributed by atoms with van der Waals surface area (Å²) in [7, 11) is 2.08. The Kier molecular flexibility index (Phi) is 6.33. The fourth-order valence-corrected chi connectivity index (χ4v) is 2.69. The maximum atomic E-state index is 14.1. The summed E-state index contributed by atoms with van der Waals surface area (Å²) in [6.07, 6.45) is 0.654. The van der Waals surface area contributed by atoms with E-state index in [4.69, 9.17) is 11.6 Å². The number of alkyl halides is 2. The molecule has 1 heterocycles. The van der Waals surface area contributed by atoms with Crippen LogP contribution >= 0.6 is 11.6 Å². The van der Waals surface area contributed by atoms with E-state index in [1.807, 2.05) is 0 Å². The molecule has 0 radical (unpaired) electrons. The van der Waals surface area contributed by atoms with Gasteiger partial charge in [-0.05, 0) is 32.1 Å². The molecule has 0 spiro atoms. The first kappa shape index (κ1) is 18.1. The van der Waals surface area contributed by atoms with Crippen molar-refractivity contribution in [3.8, 4) is 0 Å². The first-order chi connectivity index (χ1) is 10.9. The number of hydrogen-bond acceptors (Lipinski definition) is 3. The van der Waals surface area contributed by atoms with E-state index in [1.165, 1.54) is 18.2 Å². The van der Waals surface area contributed by atoms with Crippen LogP contribution in [-0.2, 0) is 10.7 Å². The molecule has 128 valence electrons. The zero-order chi connectivity index (χ0) is 16.9. The van der Waals surface area contributed by atoms with Crippen molar-refractivity contribution in [2.45, 2.75) is 12.3 Å². The summed E-state index contributed by atoms with van der Waals surface area (Å²) in [5.74, 6) is -4.85. The van der Waals surface area contributed by atoms with Gasteiger partial charge in [0.1, 0.15) is 0 Å². The number of carbonyl (C=O) groups excluding carboxylic acids is 1. The van der Waals surface area contributed by atoms with E-state index in [-0.39, 0.29) is 17.1 Å². The SMILES string of the molecule is CN1CCN(CCCNC(=O)C(F)(F)c2cccc(Cl)c2)CC1. The predicted molar refractivity (Wildman–Crippen MR) is 86.9 cm³/mol. The van der Waals surface area contributed by atoms with Crippen LogP contribution in [0, 0.1) is 0 Å². The summed E-state index contributed by atoms with van der Waals surface area (Å²) in [6.45, 7) is 5.02. The van der Waals surface area contributed by atoms with Gasteiger partial charge in [-0.25, -0.2) is 0 Å². The van der Waals surface area contributed by atoms with Crippen LogP contribution in [-0.4, -0.2) is 62.0 Å². The Morgan fingerprint density at radius 3 is 2.65 bits per heavy atom. The lowest BCUT2D eigenvalue weighted by molar-refractivity contribution is -0.147. The minimum atomic E-state index is -3.57. The lowest BCUT2D eigenvalue weighted by atomic mass is 10.1. The van der Waals surface area contributed by atoms with E-state index in [1.54, 1.807) is 0 Å². The fourth-order valence-electron chi connectivity index (χ4n) is 2.50. The van der Waals surface area contributed by atoms with Crippen LogP contribution in [0.4, 0.5) is 8.78 Å². The molecule has 4 nitrogen and oxygen atoms in total. The minimum Gasteiger partial charge on any atom is -0.351 e. The molecule has 7 heteroatoms. The predicted octanol–water partition coefficient (Wildman–Crippen LogP) is 2.19. The van der Waals surface area contributed by atoms with Gasteiger partial charge in [0.05, 0.1) is 0 Å². The Balaban J connectivity index is 1.75. The average molecular weight is 346 g/mol. The Labute approximate surface area is 140 Å². The molecule has 1 saturated heterocycles. The van der Waals surface area contributed by atoms with Gasteiger partial charge in [0.2, 0.25) is 0 Å². The third-order valence-corrected chi connectivity index (χ3v) is 4.24. The smallest absolute Gasteiger partial charge is 0.349 e. The lowest BCUT2D eigenvalue weighted by Crippen LogP contribution is -2.45. The number of amides is 1. The fraction of sp³-hybridized carbons (Fsp3) is 0.562. The highest BCUT2D eigenvalue weighted by atomic mass is 35.5. The molecule has 1 N–H and O–H groups in total. The molecule has 1 aromatic rings. The zero-order valence-electron chi connectivity index (χ0n) is 13.2. The average Bonchev–Trinajstić information content (AvgIpc) is 2.53. The number of piperazine rings is 1. The van der Waals surface area contributed by atoms with Crippen LogP contribution in [0.3, 0.4) is 0 Å². The van der Waals surface area contributed by atoms with Gasteiger partial charge in [0, 0.05) is 43.3 Å². The molecule has 0 atom stereocenters. The number of hydrogen-bond donors (Lipinski definition) is 1. The van der Waals surface area contributed by atoms with E-state index in [2.05, 4.69) is 22.2 Å². The van der Waals surface area contributed by atoms with Crippen molar-refractivity contribution in [1.29, 1.82) is 0 Å². The number of nitrogens with zero attached hydrogens (tertiary/aromatic N) is 2. The van der Waals surface area contributed by atoms with Gasteiger partial charge >= 0.3 is 5.92 Å². The second-order valence-electron chi connectivity index (χ2n) is 5.84. The molecule has 2 rings (SSSR count). The van der Waals surface area contributed by atoms with Gasteiger partial charge in [-0.3, -0.25) is 4.79 Å². The third kappa shape index (κ3) is 5.12. The van der Waals surface area contributed by atoms with E-state index in [0.29, 0.717) is 6.42 Å². The largest absolute Gasteiger partial charge is 0.351 e. The molecule has 0 aromatic heterocycles. The number of nitrogens with one attached hydrogen (secondary N) is 1. The topological polar surface area (TPSA) is 35.6 Å². The third-order valence-electron chi connectivity index (χ3n) is 4.00. The molecular weight excluding hydrogens is 324 g/mol. The molecule has 0 bridgehead atoms. The van der Waals surface area contributed by atoms with Crippen LogP contribution in [0.5, 0.6) is 0 Å². The van der Waals surface area contributed by atoms with Crippen LogP contribution < -0.4 is 5.32 Å². The Hall–Kier alpha value is -1.24. The highest BCUT2D eigenvalue weighted by molar-refractivity contribution is 6.30. The summed E-state index contributed by atoms with van der Waals surface area (Å²) in [5.41, 5.74) is -0.387. The minimum absolute atomic E-state index is 0.185. The molecule has 0 unspecified atom stereocenters. The number of rotatable bonds is 6. The Morgan fingerprint density at radius 1 is 1.30 bits per heavy atom. The van der Waals surface area contributed by atoms with Crippen molar-refractivity contribution in [3.05, 3.63) is 34.9 Å². The maximum Gasteiger partial charge on any atom is 0.349 e. The standard InChI is InChI=1S/C16H22ClF2N3O/c1-21-8-10-22(11-9-21)7-3-6-20-15(23)16(18,19)13-4-2-5-14(17)12-13/h2,4-5,12H,3,6-11H2,1H3,(H,20,23). The van der Waals surface area contributed by atoms with Crippen molar-refractivity contribution >= 4 is 17.5 Å². The van der Waals surface area contributed by atoms with Gasteiger partial charge in [-0.2, -0.15) is 8.78 Å². The molecule has 0 aliphatic carbocycles. The quantitative estimate of drug-likeness (QED) is 0.803. The van der Waals surface area contributed by atoms with Gasteiger partial charge < -0.3 is 15.1 Å². The normalized spacial score (nSPS) is 17.2. The first-order valence-electron chi connectivity index (χ1n) is 7.72. The van der Waals surface area contributed by atoms with Crippen molar-refractivity contribution in [1.82, 2.24) is 15.1 Å². The highest BCUT2D eigenvalue weighted by Gasteiger charge is 2.40. The molecule has 1 amide bonds. The van der Waals surface area contributed by atoms with E-state index in [0.717, 1.165) is 38.8 Å². The molecule has 1 aliphatic heterocycles. The second-order valence-corrected chi connectivity index (χ2v) is 6.28. The first-order valence-corrected chi connectivity index (χ1v) is 8.10. The van der Waals surface area contributed by atoms with Crippen LogP contribution in [0.1, 0.15) is 12.0 Å². The summed E-state index contributed by atoms with van der Waals surface area (Å²) >= 11 is 5.70. The Morgan fingerprint density at radius 2 is 2.00 bits per heavy atom. The molecule has 23 heavy (non-hydrogen) atoms. The summed E-state index contributed by atoms with van der Waals surface area (Å²) in [5, 5.41) is 2.51. The monoisotopic (exact) mass is 345 g/mol. The molecule has 1 aromatic carbocycles. The van der Waals surface area contributed by atoms with Crippen molar-refractivity contribution in [2.75, 3.05) is 46.3 Å². The molecule has 1 fully saturated rings. The molecule has 1 aliphatic rings. The van der Waals surface area contributed by atoms with Gasteiger partial charge in [0.15, 0.2) is 0 Å². The van der Waals surface area contributed by atoms with Crippen molar-refractivity contribution in [3.63, 3.8) is 0 Å². The number of benzene rings is 1. The maximum absolute atomic E-state index is 14.1. The molecular formula is C16H22ClF2N3O. The van der Waals surface area contributed by atoms with E-state index >= 15 is 0 Å². The van der Waals surface area contributed by atoms with Crippen molar-refractivity contribution in [2.24, 2.45) is 0 Å². The summed E-state index contributed by atoms with van der Waals surface area (Å²) < 4.78 is 28.1. The molecule has 0 saturated carbocycles. The number of carbonyl (C=O) groups is 1.